The molecule has 1 saturated heterocycles. The van der Waals surface area contributed by atoms with Crippen molar-refractivity contribution in [1.29, 1.82) is 0 Å². The predicted molar refractivity (Wildman–Crippen MR) is 60.4 cm³/mol. The summed E-state index contributed by atoms with van der Waals surface area (Å²) in [6.07, 6.45) is 1.13. The minimum atomic E-state index is -1.01. The molecule has 1 fully saturated rings. The minimum absolute atomic E-state index is 0.422. The Bertz CT molecular complexity index is 266. The third kappa shape index (κ3) is 5.01. The number of amides is 2. The van der Waals surface area contributed by atoms with Crippen LogP contribution in [0, 0.1) is 0 Å². The van der Waals surface area contributed by atoms with Crippen molar-refractivity contribution >= 4 is 12.0 Å². The molecule has 0 spiro atoms. The lowest BCUT2D eigenvalue weighted by Crippen LogP contribution is -2.54. The van der Waals surface area contributed by atoms with E-state index in [0.29, 0.717) is 39.1 Å². The number of urea groups is 1. The van der Waals surface area contributed by atoms with Gasteiger partial charge in [-0.15, -0.1) is 0 Å². The molecule has 1 aliphatic rings. The average Bonchev–Trinajstić information content (AvgIpc) is 2.29. The van der Waals surface area contributed by atoms with Crippen molar-refractivity contribution in [3.8, 4) is 0 Å². The Kier molecular flexibility index (Phi) is 5.71. The topological polar surface area (TPSA) is 90.9 Å². The molecular formula is C10H19N3O4. The number of carbonyl (C=O) groups excluding carboxylic acids is 1. The third-order valence-corrected chi connectivity index (χ3v) is 2.45. The second kappa shape index (κ2) is 7.08. The van der Waals surface area contributed by atoms with Gasteiger partial charge in [0.1, 0.15) is 6.04 Å². The number of aliphatic carboxylic acids is 1. The number of rotatable bonds is 5. The lowest BCUT2D eigenvalue weighted by molar-refractivity contribution is -0.139. The van der Waals surface area contributed by atoms with Gasteiger partial charge in [0.15, 0.2) is 0 Å². The molecule has 0 aromatic carbocycles. The summed E-state index contributed by atoms with van der Waals surface area (Å²) in [4.78, 5) is 22.4. The number of hydrogen-bond donors (Lipinski definition) is 3. The smallest absolute Gasteiger partial charge is 0.330 e. The fraction of sp³-hybridized carbons (Fsp3) is 0.800. The van der Waals surface area contributed by atoms with Gasteiger partial charge in [-0.2, -0.15) is 0 Å². The molecule has 2 amide bonds. The fourth-order valence-corrected chi connectivity index (χ4v) is 1.56. The maximum atomic E-state index is 11.5. The molecule has 3 N–H and O–H groups in total. The largest absolute Gasteiger partial charge is 0.480 e. The molecule has 98 valence electrons. The summed E-state index contributed by atoms with van der Waals surface area (Å²) in [5.41, 5.74) is 2.60. The van der Waals surface area contributed by atoms with Crippen LogP contribution in [0.1, 0.15) is 19.8 Å². The number of hydrazine groups is 1. The van der Waals surface area contributed by atoms with Crippen LogP contribution in [0.15, 0.2) is 0 Å². The van der Waals surface area contributed by atoms with Crippen LogP contribution in [0.5, 0.6) is 0 Å². The van der Waals surface area contributed by atoms with E-state index in [4.69, 9.17) is 9.84 Å². The van der Waals surface area contributed by atoms with Crippen LogP contribution >= 0.6 is 0 Å². The van der Waals surface area contributed by atoms with Gasteiger partial charge in [-0.05, 0) is 6.42 Å². The first-order valence-electron chi connectivity index (χ1n) is 5.76. The van der Waals surface area contributed by atoms with E-state index in [2.05, 4.69) is 10.7 Å². The highest BCUT2D eigenvalue weighted by Crippen LogP contribution is 1.97. The van der Waals surface area contributed by atoms with Crippen LogP contribution in [0.2, 0.25) is 0 Å². The molecule has 0 aromatic rings. The van der Waals surface area contributed by atoms with Gasteiger partial charge in [0, 0.05) is 13.1 Å². The molecule has 1 unspecified atom stereocenters. The van der Waals surface area contributed by atoms with Gasteiger partial charge >= 0.3 is 12.0 Å². The summed E-state index contributed by atoms with van der Waals surface area (Å²) in [7, 11) is 0. The first-order valence-corrected chi connectivity index (χ1v) is 5.76. The number of carbonyl (C=O) groups is 2. The molecule has 7 nitrogen and oxygen atoms in total. The number of carboxylic acid groups (broad SMARTS) is 1. The van der Waals surface area contributed by atoms with Gasteiger partial charge in [-0.25, -0.2) is 14.6 Å². The number of hydrogen-bond acceptors (Lipinski definition) is 4. The van der Waals surface area contributed by atoms with Crippen LogP contribution in [0.4, 0.5) is 4.79 Å². The molecule has 0 aliphatic carbocycles. The summed E-state index contributed by atoms with van der Waals surface area (Å²) in [6.45, 7) is 4.23. The molecule has 1 atom stereocenters. The first kappa shape index (κ1) is 13.7. The lowest BCUT2D eigenvalue weighted by Gasteiger charge is -2.27. The SMILES string of the molecule is CCCC(NC(=O)NN1CCOCC1)C(=O)O. The zero-order chi connectivity index (χ0) is 12.7. The van der Waals surface area contributed by atoms with Gasteiger partial charge in [0.2, 0.25) is 0 Å². The molecule has 7 heteroatoms. The van der Waals surface area contributed by atoms with Crippen molar-refractivity contribution in [3.05, 3.63) is 0 Å². The monoisotopic (exact) mass is 245 g/mol. The van der Waals surface area contributed by atoms with E-state index in [-0.39, 0.29) is 0 Å². The number of morpholine rings is 1. The summed E-state index contributed by atoms with van der Waals surface area (Å²) in [5.74, 6) is -1.01. The Morgan fingerprint density at radius 3 is 2.59 bits per heavy atom. The molecule has 1 aliphatic heterocycles. The minimum Gasteiger partial charge on any atom is -0.480 e. The summed E-state index contributed by atoms with van der Waals surface area (Å²) >= 11 is 0. The lowest BCUT2D eigenvalue weighted by atomic mass is 10.2. The predicted octanol–water partition coefficient (Wildman–Crippen LogP) is -0.214. The molecule has 1 rings (SSSR count). The quantitative estimate of drug-likeness (QED) is 0.623. The van der Waals surface area contributed by atoms with Gasteiger partial charge < -0.3 is 15.2 Å². The fourth-order valence-electron chi connectivity index (χ4n) is 1.56. The summed E-state index contributed by atoms with van der Waals surface area (Å²) in [5, 5.41) is 13.0. The van der Waals surface area contributed by atoms with Gasteiger partial charge in [-0.1, -0.05) is 13.3 Å². The van der Waals surface area contributed by atoms with Crippen LogP contribution in [0.3, 0.4) is 0 Å². The zero-order valence-electron chi connectivity index (χ0n) is 9.94. The van der Waals surface area contributed by atoms with E-state index < -0.39 is 18.0 Å². The Hall–Kier alpha value is -1.34. The Labute approximate surface area is 100 Å². The second-order valence-corrected chi connectivity index (χ2v) is 3.86. The normalized spacial score (nSPS) is 18.4. The van der Waals surface area contributed by atoms with Crippen molar-refractivity contribution in [2.24, 2.45) is 0 Å². The highest BCUT2D eigenvalue weighted by Gasteiger charge is 2.20. The third-order valence-electron chi connectivity index (χ3n) is 2.45. The van der Waals surface area contributed by atoms with E-state index in [1.54, 1.807) is 5.01 Å². The van der Waals surface area contributed by atoms with E-state index in [9.17, 15) is 9.59 Å². The number of nitrogens with zero attached hydrogens (tertiary/aromatic N) is 1. The highest BCUT2D eigenvalue weighted by atomic mass is 16.5. The van der Waals surface area contributed by atoms with Crippen molar-refractivity contribution in [3.63, 3.8) is 0 Å². The molecule has 1 heterocycles. The molecule has 0 aromatic heterocycles. The summed E-state index contributed by atoms with van der Waals surface area (Å²) in [6, 6.07) is -1.31. The van der Waals surface area contributed by atoms with Crippen molar-refractivity contribution in [2.45, 2.75) is 25.8 Å². The first-order chi connectivity index (χ1) is 8.13. The van der Waals surface area contributed by atoms with E-state index in [1.165, 1.54) is 0 Å². The van der Waals surface area contributed by atoms with Crippen LogP contribution in [-0.2, 0) is 9.53 Å². The molecule has 0 bridgehead atoms. The Morgan fingerprint density at radius 1 is 1.41 bits per heavy atom. The number of nitrogens with one attached hydrogen (secondary N) is 2. The van der Waals surface area contributed by atoms with Gasteiger partial charge in [-0.3, -0.25) is 5.43 Å². The van der Waals surface area contributed by atoms with Gasteiger partial charge in [0.05, 0.1) is 13.2 Å². The maximum Gasteiger partial charge on any atom is 0.330 e. The van der Waals surface area contributed by atoms with Crippen LogP contribution in [0.25, 0.3) is 0 Å². The standard InChI is InChI=1S/C10H19N3O4/c1-2-3-8(9(14)15)11-10(16)12-13-4-6-17-7-5-13/h8H,2-7H2,1H3,(H,14,15)(H2,11,12,16). The van der Waals surface area contributed by atoms with Crippen molar-refractivity contribution in [1.82, 2.24) is 15.8 Å². The zero-order valence-corrected chi connectivity index (χ0v) is 9.94. The summed E-state index contributed by atoms with van der Waals surface area (Å²) < 4.78 is 5.13. The van der Waals surface area contributed by atoms with E-state index >= 15 is 0 Å². The second-order valence-electron chi connectivity index (χ2n) is 3.86. The van der Waals surface area contributed by atoms with E-state index in [1.807, 2.05) is 6.92 Å². The van der Waals surface area contributed by atoms with Crippen molar-refractivity contribution in [2.75, 3.05) is 26.3 Å². The molecule has 17 heavy (non-hydrogen) atoms. The molecule has 0 radical (unpaired) electrons. The Balaban J connectivity index is 2.33. The highest BCUT2D eigenvalue weighted by molar-refractivity contribution is 5.82. The van der Waals surface area contributed by atoms with E-state index in [0.717, 1.165) is 0 Å². The van der Waals surface area contributed by atoms with Gasteiger partial charge in [0.25, 0.3) is 0 Å². The van der Waals surface area contributed by atoms with Crippen LogP contribution < -0.4 is 10.7 Å². The molecular weight excluding hydrogens is 226 g/mol. The van der Waals surface area contributed by atoms with Crippen LogP contribution in [-0.4, -0.2) is 54.5 Å². The van der Waals surface area contributed by atoms with Crippen molar-refractivity contribution < 1.29 is 19.4 Å². The average molecular weight is 245 g/mol. The number of ether oxygens (including phenoxy) is 1. The maximum absolute atomic E-state index is 11.5. The number of carboxylic acids is 1. The molecule has 0 saturated carbocycles. The Morgan fingerprint density at radius 2 is 2.06 bits per heavy atom.